The van der Waals surface area contributed by atoms with Gasteiger partial charge < -0.3 is 48.8 Å². The maximum atomic E-state index is 15.1. The summed E-state index contributed by atoms with van der Waals surface area (Å²) in [5, 5.41) is 28.6. The van der Waals surface area contributed by atoms with Crippen molar-refractivity contribution in [2.75, 3.05) is 109 Å². The van der Waals surface area contributed by atoms with Crippen LogP contribution in [0.5, 0.6) is 0 Å². The maximum absolute atomic E-state index is 15.1. The van der Waals surface area contributed by atoms with Gasteiger partial charge in [-0.15, -0.1) is 0 Å². The number of anilines is 2. The van der Waals surface area contributed by atoms with Gasteiger partial charge in [-0.25, -0.2) is 17.6 Å². The number of benzene rings is 2. The van der Waals surface area contributed by atoms with Gasteiger partial charge in [0.2, 0.25) is 11.8 Å². The average molecular weight is 1030 g/mol. The smallest absolute Gasteiger partial charge is 0.227 e. The molecule has 400 valence electrons. The summed E-state index contributed by atoms with van der Waals surface area (Å²) < 4.78 is 84.1. The van der Waals surface area contributed by atoms with Crippen molar-refractivity contribution in [3.63, 3.8) is 0 Å². The SMILES string of the molecule is COC1(C(C(=O)NC2CCC(CCN3CCN(c4noc5cc(F)c(F)cc45)CC3)CC2)C(C(=O)NC2CCC(CCN3CCN(c4noc5cc(F)c(F)cc45)CC3)CC2)C2(O)CCOCC2)CCOCC1. The van der Waals surface area contributed by atoms with E-state index in [-0.39, 0.29) is 61.1 Å². The van der Waals surface area contributed by atoms with Gasteiger partial charge in [0.1, 0.15) is 0 Å². The van der Waals surface area contributed by atoms with Crippen LogP contribution in [0.2, 0.25) is 0 Å². The van der Waals surface area contributed by atoms with E-state index in [9.17, 15) is 22.7 Å². The van der Waals surface area contributed by atoms with Crippen LogP contribution < -0.4 is 20.4 Å². The summed E-state index contributed by atoms with van der Waals surface area (Å²) >= 11 is 0. The van der Waals surface area contributed by atoms with E-state index < -0.39 is 46.3 Å². The predicted octanol–water partition coefficient (Wildman–Crippen LogP) is 6.57. The Hall–Kier alpha value is -4.60. The molecule has 2 unspecified atom stereocenters. The Morgan fingerprint density at radius 2 is 1.01 bits per heavy atom. The van der Waals surface area contributed by atoms with Gasteiger partial charge >= 0.3 is 0 Å². The number of carbonyl (C=O) groups excluding carboxylic acids is 2. The van der Waals surface area contributed by atoms with Crippen molar-refractivity contribution in [3.8, 4) is 0 Å². The maximum Gasteiger partial charge on any atom is 0.227 e. The van der Waals surface area contributed by atoms with Gasteiger partial charge in [0.15, 0.2) is 46.1 Å². The molecule has 0 spiro atoms. The number of halogens is 4. The zero-order valence-electron chi connectivity index (χ0n) is 42.1. The topological polar surface area (TPSA) is 171 Å². The van der Waals surface area contributed by atoms with E-state index in [1.807, 2.05) is 0 Å². The number of piperazine rings is 2. The molecule has 6 aliphatic rings. The molecule has 2 aromatic heterocycles. The van der Waals surface area contributed by atoms with Crippen LogP contribution in [0.25, 0.3) is 21.9 Å². The number of carbonyl (C=O) groups is 2. The first kappa shape index (κ1) is 51.9. The molecule has 4 aliphatic heterocycles. The summed E-state index contributed by atoms with van der Waals surface area (Å²) in [5.74, 6) is -4.26. The molecule has 2 amide bonds. The van der Waals surface area contributed by atoms with Gasteiger partial charge in [-0.3, -0.25) is 19.4 Å². The van der Waals surface area contributed by atoms with Crippen molar-refractivity contribution in [1.82, 2.24) is 30.7 Å². The molecule has 4 aromatic rings. The van der Waals surface area contributed by atoms with Gasteiger partial charge in [-0.1, -0.05) is 10.3 Å². The zero-order valence-corrected chi connectivity index (χ0v) is 42.1. The molecule has 10 rings (SSSR count). The van der Waals surface area contributed by atoms with E-state index >= 15 is 9.59 Å². The summed E-state index contributed by atoms with van der Waals surface area (Å²) in [6.45, 7) is 9.26. The Labute approximate surface area is 423 Å². The van der Waals surface area contributed by atoms with E-state index in [4.69, 9.17) is 23.3 Å². The van der Waals surface area contributed by atoms with Gasteiger partial charge in [-0.05, 0) is 101 Å². The molecule has 2 atom stereocenters. The van der Waals surface area contributed by atoms with E-state index in [1.165, 1.54) is 0 Å². The van der Waals surface area contributed by atoms with E-state index in [2.05, 4.69) is 40.5 Å². The highest BCUT2D eigenvalue weighted by Gasteiger charge is 2.58. The fraction of sp³-hybridized carbons (Fsp3) is 0.698. The van der Waals surface area contributed by atoms with Crippen LogP contribution >= 0.6 is 0 Å². The monoisotopic (exact) mass is 1020 g/mol. The van der Waals surface area contributed by atoms with E-state index in [0.29, 0.717) is 86.5 Å². The first-order valence-electron chi connectivity index (χ1n) is 26.9. The van der Waals surface area contributed by atoms with Gasteiger partial charge in [0.05, 0.1) is 33.8 Å². The van der Waals surface area contributed by atoms with E-state index in [0.717, 1.165) is 128 Å². The third-order valence-corrected chi connectivity index (χ3v) is 17.6. The Morgan fingerprint density at radius 1 is 0.616 bits per heavy atom. The van der Waals surface area contributed by atoms with Crippen LogP contribution in [0, 0.1) is 46.9 Å². The minimum atomic E-state index is -1.48. The molecule has 4 saturated heterocycles. The number of aliphatic hydroxyl groups is 1. The molecular weight excluding hydrogens is 953 g/mol. The lowest BCUT2D eigenvalue weighted by Gasteiger charge is -2.49. The standard InChI is InChI=1S/C53H72F4N8O8/c1-69-53(14-28-71-29-15-53)47(51(67)59-37-8-4-35(5-9-37)11-17-63-20-24-65(25-21-63)49-39-31-41(55)43(57)33-45(39)73-61-49)46(52(68)12-26-70-27-13-52)50(66)58-36-6-2-34(3-7-36)10-16-62-18-22-64(23-19-62)48-38-30-40(54)42(56)32-44(38)72-60-48/h30-37,46-47,68H,2-29H2,1H3,(H,58,66)(H,59,67). The second-order valence-corrected chi connectivity index (χ2v) is 21.8. The highest BCUT2D eigenvalue weighted by molar-refractivity contribution is 5.91. The van der Waals surface area contributed by atoms with Gasteiger partial charge in [0.25, 0.3) is 0 Å². The largest absolute Gasteiger partial charge is 0.389 e. The third kappa shape index (κ3) is 11.5. The van der Waals surface area contributed by atoms with Crippen molar-refractivity contribution >= 4 is 45.4 Å². The minimum absolute atomic E-state index is 0.0711. The van der Waals surface area contributed by atoms with Crippen molar-refractivity contribution in [1.29, 1.82) is 0 Å². The number of nitrogens with zero attached hydrogens (tertiary/aromatic N) is 6. The fourth-order valence-corrected chi connectivity index (χ4v) is 13.0. The highest BCUT2D eigenvalue weighted by Crippen LogP contribution is 2.45. The minimum Gasteiger partial charge on any atom is -0.389 e. The van der Waals surface area contributed by atoms with Gasteiger partial charge in [-0.2, -0.15) is 0 Å². The molecule has 3 N–H and O–H groups in total. The Balaban J connectivity index is 0.718. The zero-order chi connectivity index (χ0) is 50.7. The number of hydrogen-bond acceptors (Lipinski definition) is 14. The lowest BCUT2D eigenvalue weighted by Crippen LogP contribution is -2.64. The van der Waals surface area contributed by atoms with Gasteiger partial charge in [0, 0.05) is 136 Å². The molecule has 16 nitrogen and oxygen atoms in total. The number of nitrogens with one attached hydrogen (secondary N) is 2. The molecule has 6 fully saturated rings. The van der Waals surface area contributed by atoms with Crippen molar-refractivity contribution < 1.29 is 55.5 Å². The molecule has 20 heteroatoms. The summed E-state index contributed by atoms with van der Waals surface area (Å²) in [7, 11) is 1.62. The van der Waals surface area contributed by atoms with Crippen LogP contribution in [0.4, 0.5) is 29.2 Å². The van der Waals surface area contributed by atoms with Crippen molar-refractivity contribution in [2.45, 2.75) is 113 Å². The Bertz CT molecular complexity index is 2500. The summed E-state index contributed by atoms with van der Waals surface area (Å²) in [4.78, 5) is 39.1. The normalized spacial score (nSPS) is 26.2. The van der Waals surface area contributed by atoms with Crippen LogP contribution in [0.3, 0.4) is 0 Å². The highest BCUT2D eigenvalue weighted by atomic mass is 19.2. The molecule has 2 aliphatic carbocycles. The molecule has 0 radical (unpaired) electrons. The number of methoxy groups -OCH3 is 1. The quantitative estimate of drug-likeness (QED) is 0.103. The predicted molar refractivity (Wildman–Crippen MR) is 264 cm³/mol. The number of amides is 2. The first-order valence-corrected chi connectivity index (χ1v) is 26.9. The number of hydrogen-bond donors (Lipinski definition) is 3. The van der Waals surface area contributed by atoms with Crippen LogP contribution in [0.1, 0.15) is 89.9 Å². The Morgan fingerprint density at radius 3 is 1.44 bits per heavy atom. The lowest BCUT2D eigenvalue weighted by atomic mass is 9.64. The van der Waals surface area contributed by atoms with Crippen LogP contribution in [0.15, 0.2) is 33.3 Å². The second kappa shape index (κ2) is 22.7. The molecule has 6 heterocycles. The van der Waals surface area contributed by atoms with Crippen molar-refractivity contribution in [3.05, 3.63) is 47.5 Å². The number of rotatable bonds is 16. The lowest BCUT2D eigenvalue weighted by molar-refractivity contribution is -0.191. The fourth-order valence-electron chi connectivity index (χ4n) is 13.0. The molecule has 0 bridgehead atoms. The number of aromatic nitrogens is 2. The molecule has 2 saturated carbocycles. The molecule has 2 aromatic carbocycles. The summed E-state index contributed by atoms with van der Waals surface area (Å²) in [6, 6.07) is 4.22. The molecular formula is C53H72F4N8O8. The second-order valence-electron chi connectivity index (χ2n) is 21.8. The number of fused-ring (bicyclic) bond motifs is 2. The first-order chi connectivity index (χ1) is 35.4. The van der Waals surface area contributed by atoms with E-state index in [1.54, 1.807) is 7.11 Å². The van der Waals surface area contributed by atoms with Crippen LogP contribution in [-0.4, -0.2) is 159 Å². The number of ether oxygens (including phenoxy) is 3. The third-order valence-electron chi connectivity index (χ3n) is 17.6. The summed E-state index contributed by atoms with van der Waals surface area (Å²) in [5.41, 5.74) is -2.04. The molecule has 73 heavy (non-hydrogen) atoms. The average Bonchev–Trinajstić information content (AvgIpc) is 4.01. The van der Waals surface area contributed by atoms with Crippen LogP contribution in [-0.2, 0) is 23.8 Å². The van der Waals surface area contributed by atoms with Crippen molar-refractivity contribution in [2.24, 2.45) is 23.7 Å². The Kier molecular flexibility index (Phi) is 16.1. The summed E-state index contributed by atoms with van der Waals surface area (Å²) in [6.07, 6.45) is 10.5.